The number of benzene rings is 2. The van der Waals surface area contributed by atoms with Gasteiger partial charge in [-0.2, -0.15) is 13.2 Å². The number of nitrogens with one attached hydrogen (secondary N) is 1. The van der Waals surface area contributed by atoms with Gasteiger partial charge in [0.2, 0.25) is 11.8 Å². The van der Waals surface area contributed by atoms with E-state index < -0.39 is 23.3 Å². The van der Waals surface area contributed by atoms with Crippen LogP contribution in [-0.2, 0) is 27.9 Å². The van der Waals surface area contributed by atoms with Gasteiger partial charge in [-0.25, -0.2) is 0 Å². The maximum atomic E-state index is 12.9. The summed E-state index contributed by atoms with van der Waals surface area (Å²) in [6.07, 6.45) is 0.686. The van der Waals surface area contributed by atoms with Gasteiger partial charge >= 0.3 is 6.18 Å². The van der Waals surface area contributed by atoms with Gasteiger partial charge in [-0.05, 0) is 78.6 Å². The minimum absolute atomic E-state index is 0.00410. The highest BCUT2D eigenvalue weighted by Gasteiger charge is 2.49. The average molecular weight is 538 g/mol. The van der Waals surface area contributed by atoms with E-state index >= 15 is 0 Å². The zero-order valence-corrected chi connectivity index (χ0v) is 21.4. The molecule has 0 bridgehead atoms. The van der Waals surface area contributed by atoms with Crippen molar-refractivity contribution in [3.63, 3.8) is 0 Å². The van der Waals surface area contributed by atoms with E-state index in [9.17, 15) is 27.9 Å². The lowest BCUT2D eigenvalue weighted by molar-refractivity contribution is -0.138. The molecule has 3 unspecified atom stereocenters. The molecule has 2 aromatic carbocycles. The van der Waals surface area contributed by atoms with Gasteiger partial charge in [-0.1, -0.05) is 18.2 Å². The van der Waals surface area contributed by atoms with Crippen LogP contribution in [0.5, 0.6) is 0 Å². The highest BCUT2D eigenvalue weighted by Crippen LogP contribution is 2.50. The summed E-state index contributed by atoms with van der Waals surface area (Å²) in [7, 11) is 0. The SMILES string of the molecule is O=C1CCC(c2cnc3ccc(C4(O)CCN(Cc5ccc(C(F)(F)F)cc5)CC4C4CC4)cc3c2)C(=O)N1. The summed E-state index contributed by atoms with van der Waals surface area (Å²) in [6.45, 7) is 1.82. The van der Waals surface area contributed by atoms with E-state index in [1.54, 1.807) is 6.20 Å². The molecule has 1 aromatic heterocycles. The highest BCUT2D eigenvalue weighted by atomic mass is 19.4. The Hall–Kier alpha value is -3.30. The first-order valence-electron chi connectivity index (χ1n) is 13.4. The number of amides is 2. The number of carbonyl (C=O) groups excluding carboxylic acids is 2. The molecule has 2 aliphatic heterocycles. The lowest BCUT2D eigenvalue weighted by Gasteiger charge is -2.45. The lowest BCUT2D eigenvalue weighted by atomic mass is 9.73. The highest BCUT2D eigenvalue weighted by molar-refractivity contribution is 6.01. The van der Waals surface area contributed by atoms with E-state index in [4.69, 9.17) is 0 Å². The number of alkyl halides is 3. The van der Waals surface area contributed by atoms with Crippen molar-refractivity contribution in [2.45, 2.75) is 56.3 Å². The predicted molar refractivity (Wildman–Crippen MR) is 138 cm³/mol. The number of likely N-dealkylation sites (tertiary alicyclic amines) is 1. The molecule has 1 saturated carbocycles. The van der Waals surface area contributed by atoms with Gasteiger partial charge in [-0.3, -0.25) is 24.8 Å². The second-order valence-corrected chi connectivity index (χ2v) is 11.2. The zero-order chi connectivity index (χ0) is 27.4. The van der Waals surface area contributed by atoms with Crippen LogP contribution in [0.2, 0.25) is 0 Å². The number of imide groups is 1. The minimum Gasteiger partial charge on any atom is -0.385 e. The van der Waals surface area contributed by atoms with E-state index in [1.807, 2.05) is 24.3 Å². The molecule has 3 aromatic rings. The number of aromatic nitrogens is 1. The van der Waals surface area contributed by atoms with Crippen LogP contribution in [0.15, 0.2) is 54.7 Å². The topological polar surface area (TPSA) is 82.5 Å². The molecule has 204 valence electrons. The quantitative estimate of drug-likeness (QED) is 0.453. The van der Waals surface area contributed by atoms with Crippen molar-refractivity contribution in [2.24, 2.45) is 11.8 Å². The van der Waals surface area contributed by atoms with E-state index in [2.05, 4.69) is 15.2 Å². The Balaban J connectivity index is 1.23. The fourth-order valence-corrected chi connectivity index (χ4v) is 6.25. The van der Waals surface area contributed by atoms with Crippen LogP contribution >= 0.6 is 0 Å². The minimum atomic E-state index is -4.35. The number of aliphatic hydroxyl groups is 1. The van der Waals surface area contributed by atoms with Crippen molar-refractivity contribution >= 4 is 22.7 Å². The van der Waals surface area contributed by atoms with Crippen LogP contribution in [-0.4, -0.2) is 39.9 Å². The van der Waals surface area contributed by atoms with E-state index in [1.165, 1.54) is 12.1 Å². The number of rotatable bonds is 5. The van der Waals surface area contributed by atoms with E-state index in [-0.39, 0.29) is 17.7 Å². The normalized spacial score (nSPS) is 26.6. The number of hydrogen-bond donors (Lipinski definition) is 2. The van der Waals surface area contributed by atoms with Crippen LogP contribution in [0.1, 0.15) is 60.3 Å². The molecule has 6 nitrogen and oxygen atoms in total. The van der Waals surface area contributed by atoms with Crippen LogP contribution in [0.4, 0.5) is 13.2 Å². The van der Waals surface area contributed by atoms with E-state index in [0.29, 0.717) is 44.8 Å². The number of nitrogens with zero attached hydrogens (tertiary/aromatic N) is 2. The molecule has 2 amide bonds. The molecule has 2 N–H and O–H groups in total. The molecule has 3 heterocycles. The van der Waals surface area contributed by atoms with Crippen molar-refractivity contribution in [3.05, 3.63) is 77.0 Å². The first kappa shape index (κ1) is 26.0. The third-order valence-corrected chi connectivity index (χ3v) is 8.60. The van der Waals surface area contributed by atoms with Crippen LogP contribution in [0, 0.1) is 11.8 Å². The van der Waals surface area contributed by atoms with Crippen molar-refractivity contribution in [1.29, 1.82) is 0 Å². The van der Waals surface area contributed by atoms with Crippen LogP contribution < -0.4 is 5.32 Å². The van der Waals surface area contributed by atoms with Gasteiger partial charge in [0.05, 0.1) is 22.6 Å². The van der Waals surface area contributed by atoms with Crippen LogP contribution in [0.3, 0.4) is 0 Å². The summed E-state index contributed by atoms with van der Waals surface area (Å²) >= 11 is 0. The molecule has 9 heteroatoms. The number of carbonyl (C=O) groups is 2. The van der Waals surface area contributed by atoms with Gasteiger partial charge in [0.25, 0.3) is 0 Å². The van der Waals surface area contributed by atoms with E-state index in [0.717, 1.165) is 52.6 Å². The van der Waals surface area contributed by atoms with Gasteiger partial charge in [0.15, 0.2) is 0 Å². The monoisotopic (exact) mass is 537 g/mol. The summed E-state index contributed by atoms with van der Waals surface area (Å²) in [5.74, 6) is -0.598. The van der Waals surface area contributed by atoms with Gasteiger partial charge < -0.3 is 5.11 Å². The smallest absolute Gasteiger partial charge is 0.385 e. The van der Waals surface area contributed by atoms with Crippen molar-refractivity contribution in [3.8, 4) is 0 Å². The molecule has 2 saturated heterocycles. The standard InChI is InChI=1S/C30H30F3N3O3/c31-30(32,33)22-5-1-18(2-6-22)16-36-12-11-29(39,25(17-36)19-3-4-19)23-7-9-26-20(14-23)13-21(15-34-26)24-8-10-27(37)35-28(24)38/h1-2,5-7,9,13-15,19,24-25,39H,3-4,8,10-12,16-17H2,(H,35,37,38). The number of pyridine rings is 1. The van der Waals surface area contributed by atoms with Crippen LogP contribution in [0.25, 0.3) is 10.9 Å². The largest absolute Gasteiger partial charge is 0.416 e. The Morgan fingerprint density at radius 3 is 2.51 bits per heavy atom. The van der Waals surface area contributed by atoms with Gasteiger partial charge in [0.1, 0.15) is 0 Å². The second kappa shape index (κ2) is 9.71. The third-order valence-electron chi connectivity index (χ3n) is 8.60. The Morgan fingerprint density at radius 1 is 1.05 bits per heavy atom. The van der Waals surface area contributed by atoms with Crippen molar-refractivity contribution in [1.82, 2.24) is 15.2 Å². The van der Waals surface area contributed by atoms with Gasteiger partial charge in [-0.15, -0.1) is 0 Å². The molecule has 6 rings (SSSR count). The third kappa shape index (κ3) is 5.17. The first-order chi connectivity index (χ1) is 18.6. The summed E-state index contributed by atoms with van der Waals surface area (Å²) in [5.41, 5.74) is 1.48. The molecule has 3 fully saturated rings. The number of hydrogen-bond acceptors (Lipinski definition) is 5. The number of fused-ring (bicyclic) bond motifs is 1. The summed E-state index contributed by atoms with van der Waals surface area (Å²) in [5, 5.41) is 15.3. The number of halogens is 3. The zero-order valence-electron chi connectivity index (χ0n) is 21.4. The maximum Gasteiger partial charge on any atom is 0.416 e. The summed E-state index contributed by atoms with van der Waals surface area (Å²) in [6, 6.07) is 13.1. The molecular weight excluding hydrogens is 507 g/mol. The average Bonchev–Trinajstić information content (AvgIpc) is 3.74. The van der Waals surface area contributed by atoms with Gasteiger partial charge in [0, 0.05) is 43.6 Å². The molecule has 1 aliphatic carbocycles. The first-order valence-corrected chi connectivity index (χ1v) is 13.4. The predicted octanol–water partition coefficient (Wildman–Crippen LogP) is 4.89. The molecule has 0 spiro atoms. The number of piperidine rings is 2. The Bertz CT molecular complexity index is 1420. The fourth-order valence-electron chi connectivity index (χ4n) is 6.25. The fraction of sp³-hybridized carbons (Fsp3) is 0.433. The van der Waals surface area contributed by atoms with Crippen molar-refractivity contribution < 1.29 is 27.9 Å². The Morgan fingerprint density at radius 2 is 1.82 bits per heavy atom. The molecule has 3 atom stereocenters. The lowest BCUT2D eigenvalue weighted by Crippen LogP contribution is -2.50. The maximum absolute atomic E-state index is 12.9. The molecule has 0 radical (unpaired) electrons. The van der Waals surface area contributed by atoms with Crippen molar-refractivity contribution in [2.75, 3.05) is 13.1 Å². The molecule has 39 heavy (non-hydrogen) atoms. The Kier molecular flexibility index (Phi) is 6.46. The Labute approximate surface area is 224 Å². The summed E-state index contributed by atoms with van der Waals surface area (Å²) in [4.78, 5) is 30.7. The summed E-state index contributed by atoms with van der Waals surface area (Å²) < 4.78 is 38.8. The molecule has 3 aliphatic rings. The second-order valence-electron chi connectivity index (χ2n) is 11.2. The molecular formula is C30H30F3N3O3.